The summed E-state index contributed by atoms with van der Waals surface area (Å²) < 4.78 is 5.24. The molecule has 6 heteroatoms. The first-order valence-corrected chi connectivity index (χ1v) is 8.77. The lowest BCUT2D eigenvalue weighted by Gasteiger charge is -2.27. The van der Waals surface area contributed by atoms with Crippen molar-refractivity contribution in [1.82, 2.24) is 10.2 Å². The smallest absolute Gasteiger partial charge is 0.321 e. The number of carbonyl (C=O) groups excluding carboxylic acids is 2. The van der Waals surface area contributed by atoms with Crippen LogP contribution in [0.4, 0.5) is 10.5 Å². The number of ether oxygens (including phenoxy) is 1. The number of urea groups is 1. The molecule has 2 fully saturated rings. The number of anilines is 1. The molecule has 130 valence electrons. The van der Waals surface area contributed by atoms with Crippen molar-refractivity contribution in [1.29, 1.82) is 0 Å². The SMILES string of the molecule is O=C(NC1CCCCC1)c1ccc(NC(=O)N2CCOCC2)cc1. The summed E-state index contributed by atoms with van der Waals surface area (Å²) in [6, 6.07) is 7.23. The molecule has 1 aliphatic heterocycles. The molecule has 1 aromatic rings. The second kappa shape index (κ2) is 8.15. The summed E-state index contributed by atoms with van der Waals surface area (Å²) in [6.45, 7) is 2.36. The van der Waals surface area contributed by atoms with E-state index in [2.05, 4.69) is 10.6 Å². The van der Waals surface area contributed by atoms with Gasteiger partial charge in [-0.25, -0.2) is 4.79 Å². The third-order valence-electron chi connectivity index (χ3n) is 4.64. The molecule has 0 aromatic heterocycles. The first kappa shape index (κ1) is 16.8. The van der Waals surface area contributed by atoms with Gasteiger partial charge in [0.2, 0.25) is 0 Å². The van der Waals surface area contributed by atoms with Gasteiger partial charge < -0.3 is 20.3 Å². The molecule has 3 amide bonds. The van der Waals surface area contributed by atoms with Crippen LogP contribution in [0.3, 0.4) is 0 Å². The summed E-state index contributed by atoms with van der Waals surface area (Å²) in [7, 11) is 0. The summed E-state index contributed by atoms with van der Waals surface area (Å²) in [5.41, 5.74) is 1.32. The zero-order valence-corrected chi connectivity index (χ0v) is 13.9. The Balaban J connectivity index is 1.52. The van der Waals surface area contributed by atoms with Gasteiger partial charge in [-0.1, -0.05) is 19.3 Å². The van der Waals surface area contributed by atoms with E-state index < -0.39 is 0 Å². The zero-order valence-electron chi connectivity index (χ0n) is 13.9. The van der Waals surface area contributed by atoms with E-state index in [1.807, 2.05) is 0 Å². The molecule has 0 unspecified atom stereocenters. The maximum absolute atomic E-state index is 12.3. The molecule has 0 bridgehead atoms. The number of nitrogens with zero attached hydrogens (tertiary/aromatic N) is 1. The summed E-state index contributed by atoms with van der Waals surface area (Å²) >= 11 is 0. The Labute approximate surface area is 142 Å². The summed E-state index contributed by atoms with van der Waals surface area (Å²) in [4.78, 5) is 26.1. The molecule has 1 aliphatic carbocycles. The van der Waals surface area contributed by atoms with E-state index in [0.29, 0.717) is 43.6 Å². The maximum atomic E-state index is 12.3. The van der Waals surface area contributed by atoms with E-state index in [9.17, 15) is 9.59 Å². The fourth-order valence-corrected chi connectivity index (χ4v) is 3.19. The molecular weight excluding hydrogens is 306 g/mol. The molecule has 6 nitrogen and oxygen atoms in total. The lowest BCUT2D eigenvalue weighted by molar-refractivity contribution is 0.0564. The Bertz CT molecular complexity index is 561. The van der Waals surface area contributed by atoms with Crippen molar-refractivity contribution in [2.45, 2.75) is 38.1 Å². The van der Waals surface area contributed by atoms with Crippen molar-refractivity contribution >= 4 is 17.6 Å². The van der Waals surface area contributed by atoms with Crippen LogP contribution in [0, 0.1) is 0 Å². The quantitative estimate of drug-likeness (QED) is 0.894. The average Bonchev–Trinajstić information content (AvgIpc) is 2.64. The van der Waals surface area contributed by atoms with Gasteiger partial charge in [0.15, 0.2) is 0 Å². The van der Waals surface area contributed by atoms with Crippen LogP contribution < -0.4 is 10.6 Å². The third-order valence-corrected chi connectivity index (χ3v) is 4.64. The topological polar surface area (TPSA) is 70.7 Å². The van der Waals surface area contributed by atoms with Crippen LogP contribution >= 0.6 is 0 Å². The van der Waals surface area contributed by atoms with Gasteiger partial charge in [0.1, 0.15) is 0 Å². The average molecular weight is 331 g/mol. The Hall–Kier alpha value is -2.08. The monoisotopic (exact) mass is 331 g/mol. The summed E-state index contributed by atoms with van der Waals surface area (Å²) in [6.07, 6.45) is 5.79. The van der Waals surface area contributed by atoms with Gasteiger partial charge in [-0.05, 0) is 37.1 Å². The first-order valence-electron chi connectivity index (χ1n) is 8.77. The van der Waals surface area contributed by atoms with E-state index in [4.69, 9.17) is 4.74 Å². The molecule has 1 aromatic carbocycles. The number of nitrogens with one attached hydrogen (secondary N) is 2. The van der Waals surface area contributed by atoms with E-state index in [-0.39, 0.29) is 11.9 Å². The second-order valence-corrected chi connectivity index (χ2v) is 6.42. The molecule has 1 saturated heterocycles. The lowest BCUT2D eigenvalue weighted by atomic mass is 9.95. The van der Waals surface area contributed by atoms with Crippen LogP contribution in [0.25, 0.3) is 0 Å². The predicted octanol–water partition coefficient (Wildman–Crippen LogP) is 2.61. The van der Waals surface area contributed by atoms with Crippen LogP contribution in [-0.4, -0.2) is 49.2 Å². The number of amides is 3. The van der Waals surface area contributed by atoms with Crippen molar-refractivity contribution < 1.29 is 14.3 Å². The molecule has 1 heterocycles. The molecular formula is C18H25N3O3. The van der Waals surface area contributed by atoms with Crippen LogP contribution in [0.1, 0.15) is 42.5 Å². The molecule has 0 spiro atoms. The van der Waals surface area contributed by atoms with Gasteiger partial charge in [-0.15, -0.1) is 0 Å². The highest BCUT2D eigenvalue weighted by Crippen LogP contribution is 2.18. The number of morpholine rings is 1. The van der Waals surface area contributed by atoms with Crippen LogP contribution in [0.15, 0.2) is 24.3 Å². The Morgan fingerprint density at radius 1 is 1.00 bits per heavy atom. The first-order chi connectivity index (χ1) is 11.7. The van der Waals surface area contributed by atoms with Gasteiger partial charge >= 0.3 is 6.03 Å². The Morgan fingerprint density at radius 2 is 1.67 bits per heavy atom. The van der Waals surface area contributed by atoms with Crippen molar-refractivity contribution in [2.24, 2.45) is 0 Å². The fourth-order valence-electron chi connectivity index (χ4n) is 3.19. The summed E-state index contributed by atoms with van der Waals surface area (Å²) in [5.74, 6) is -0.0343. The molecule has 0 radical (unpaired) electrons. The lowest BCUT2D eigenvalue weighted by Crippen LogP contribution is -2.43. The predicted molar refractivity (Wildman–Crippen MR) is 92.2 cm³/mol. The highest BCUT2D eigenvalue weighted by Gasteiger charge is 2.18. The highest BCUT2D eigenvalue weighted by atomic mass is 16.5. The molecule has 2 aliphatic rings. The normalized spacial score (nSPS) is 18.9. The minimum absolute atomic E-state index is 0.0343. The van der Waals surface area contributed by atoms with Gasteiger partial charge in [-0.2, -0.15) is 0 Å². The summed E-state index contributed by atoms with van der Waals surface area (Å²) in [5, 5.41) is 5.96. The van der Waals surface area contributed by atoms with Gasteiger partial charge in [0, 0.05) is 30.4 Å². The number of rotatable bonds is 3. The second-order valence-electron chi connectivity index (χ2n) is 6.42. The maximum Gasteiger partial charge on any atom is 0.321 e. The zero-order chi connectivity index (χ0) is 16.8. The highest BCUT2D eigenvalue weighted by molar-refractivity contribution is 5.95. The van der Waals surface area contributed by atoms with Gasteiger partial charge in [0.05, 0.1) is 13.2 Å². The van der Waals surface area contributed by atoms with Crippen molar-refractivity contribution in [3.8, 4) is 0 Å². The van der Waals surface area contributed by atoms with E-state index >= 15 is 0 Å². The molecule has 3 rings (SSSR count). The Kier molecular flexibility index (Phi) is 5.69. The number of hydrogen-bond acceptors (Lipinski definition) is 3. The Morgan fingerprint density at radius 3 is 2.33 bits per heavy atom. The molecule has 24 heavy (non-hydrogen) atoms. The third kappa shape index (κ3) is 4.47. The van der Waals surface area contributed by atoms with Gasteiger partial charge in [-0.3, -0.25) is 4.79 Å². The van der Waals surface area contributed by atoms with E-state index in [0.717, 1.165) is 12.8 Å². The van der Waals surface area contributed by atoms with Crippen molar-refractivity contribution in [3.05, 3.63) is 29.8 Å². The number of hydrogen-bond donors (Lipinski definition) is 2. The molecule has 1 saturated carbocycles. The van der Waals surface area contributed by atoms with Crippen molar-refractivity contribution in [3.63, 3.8) is 0 Å². The fraction of sp³-hybridized carbons (Fsp3) is 0.556. The van der Waals surface area contributed by atoms with Crippen LogP contribution in [-0.2, 0) is 4.74 Å². The van der Waals surface area contributed by atoms with Gasteiger partial charge in [0.25, 0.3) is 5.91 Å². The minimum atomic E-state index is -0.127. The minimum Gasteiger partial charge on any atom is -0.378 e. The molecule has 2 N–H and O–H groups in total. The largest absolute Gasteiger partial charge is 0.378 e. The number of benzene rings is 1. The van der Waals surface area contributed by atoms with Crippen molar-refractivity contribution in [2.75, 3.05) is 31.6 Å². The molecule has 0 atom stereocenters. The standard InChI is InChI=1S/C18H25N3O3/c22-17(19-15-4-2-1-3-5-15)14-6-8-16(9-7-14)20-18(23)21-10-12-24-13-11-21/h6-9,15H,1-5,10-13H2,(H,19,22)(H,20,23). The van der Waals surface area contributed by atoms with Crippen LogP contribution in [0.2, 0.25) is 0 Å². The van der Waals surface area contributed by atoms with E-state index in [1.165, 1.54) is 19.3 Å². The van der Waals surface area contributed by atoms with E-state index in [1.54, 1.807) is 29.2 Å². The van der Waals surface area contributed by atoms with Crippen LogP contribution in [0.5, 0.6) is 0 Å². The number of carbonyl (C=O) groups is 2.